The van der Waals surface area contributed by atoms with Gasteiger partial charge >= 0.3 is 0 Å². The molecule has 4 heteroatoms. The van der Waals surface area contributed by atoms with Gasteiger partial charge in [-0.25, -0.2) is 0 Å². The van der Waals surface area contributed by atoms with Crippen molar-refractivity contribution in [1.82, 2.24) is 15.1 Å². The van der Waals surface area contributed by atoms with Crippen molar-refractivity contribution in [1.29, 1.82) is 0 Å². The SMILES string of the molecule is CCCC(NCCN(C)C)c1ccc(OCCCN(C)C)cc1. The molecule has 0 aliphatic heterocycles. The van der Waals surface area contributed by atoms with Crippen LogP contribution in [0.15, 0.2) is 24.3 Å². The number of benzene rings is 1. The zero-order valence-corrected chi connectivity index (χ0v) is 15.6. The summed E-state index contributed by atoms with van der Waals surface area (Å²) in [6, 6.07) is 9.03. The van der Waals surface area contributed by atoms with Crippen molar-refractivity contribution in [3.05, 3.63) is 29.8 Å². The molecular formula is C19H35N3O. The Bertz CT molecular complexity index is 404. The highest BCUT2D eigenvalue weighted by atomic mass is 16.5. The molecule has 0 aromatic heterocycles. The monoisotopic (exact) mass is 321 g/mol. The fourth-order valence-corrected chi connectivity index (χ4v) is 2.50. The number of hydrogen-bond donors (Lipinski definition) is 1. The third kappa shape index (κ3) is 8.94. The number of rotatable bonds is 12. The molecule has 0 fully saturated rings. The maximum absolute atomic E-state index is 5.81. The van der Waals surface area contributed by atoms with Crippen LogP contribution in [0.3, 0.4) is 0 Å². The molecule has 0 aliphatic rings. The molecule has 1 aromatic carbocycles. The standard InChI is InChI=1S/C19H35N3O/c1-6-8-19(20-13-15-22(4)5)17-9-11-18(12-10-17)23-16-7-14-21(2)3/h9-12,19-20H,6-8,13-16H2,1-5H3. The molecule has 1 unspecified atom stereocenters. The van der Waals surface area contributed by atoms with Crippen molar-refractivity contribution in [2.24, 2.45) is 0 Å². The van der Waals surface area contributed by atoms with Gasteiger partial charge in [-0.3, -0.25) is 0 Å². The van der Waals surface area contributed by atoms with E-state index in [1.54, 1.807) is 0 Å². The third-order valence-electron chi connectivity index (χ3n) is 3.83. The van der Waals surface area contributed by atoms with Crippen molar-refractivity contribution in [2.45, 2.75) is 32.2 Å². The lowest BCUT2D eigenvalue weighted by atomic mass is 10.0. The first kappa shape index (κ1) is 19.9. The highest BCUT2D eigenvalue weighted by Gasteiger charge is 2.10. The van der Waals surface area contributed by atoms with Gasteiger partial charge in [-0.2, -0.15) is 0 Å². The van der Waals surface area contributed by atoms with Crippen LogP contribution in [0.5, 0.6) is 5.75 Å². The summed E-state index contributed by atoms with van der Waals surface area (Å²) in [5.41, 5.74) is 1.35. The molecule has 0 aliphatic carbocycles. The first-order valence-electron chi connectivity index (χ1n) is 8.78. The van der Waals surface area contributed by atoms with E-state index in [1.807, 2.05) is 0 Å². The molecule has 0 bridgehead atoms. The predicted molar refractivity (Wildman–Crippen MR) is 99.3 cm³/mol. The van der Waals surface area contributed by atoms with Gasteiger partial charge in [0.15, 0.2) is 0 Å². The van der Waals surface area contributed by atoms with E-state index in [2.05, 4.69) is 74.5 Å². The average Bonchev–Trinajstić information content (AvgIpc) is 2.51. The van der Waals surface area contributed by atoms with Crippen LogP contribution in [0.25, 0.3) is 0 Å². The summed E-state index contributed by atoms with van der Waals surface area (Å²) in [5.74, 6) is 0.969. The van der Waals surface area contributed by atoms with Crippen molar-refractivity contribution >= 4 is 0 Å². The molecule has 0 radical (unpaired) electrons. The van der Waals surface area contributed by atoms with Gasteiger partial charge in [0.05, 0.1) is 6.61 Å². The van der Waals surface area contributed by atoms with Crippen molar-refractivity contribution in [3.63, 3.8) is 0 Å². The molecule has 0 amide bonds. The van der Waals surface area contributed by atoms with E-state index in [0.29, 0.717) is 6.04 Å². The Kier molecular flexibility index (Phi) is 9.92. The molecule has 132 valence electrons. The Labute approximate surface area is 142 Å². The normalized spacial score (nSPS) is 12.8. The van der Waals surface area contributed by atoms with Crippen molar-refractivity contribution in [2.75, 3.05) is 54.4 Å². The second-order valence-corrected chi connectivity index (χ2v) is 6.67. The molecule has 1 atom stereocenters. The van der Waals surface area contributed by atoms with E-state index in [4.69, 9.17) is 4.74 Å². The summed E-state index contributed by atoms with van der Waals surface area (Å²) in [4.78, 5) is 4.39. The molecule has 23 heavy (non-hydrogen) atoms. The van der Waals surface area contributed by atoms with Gasteiger partial charge in [-0.1, -0.05) is 25.5 Å². The molecular weight excluding hydrogens is 286 g/mol. The zero-order chi connectivity index (χ0) is 17.1. The number of hydrogen-bond acceptors (Lipinski definition) is 4. The van der Waals surface area contributed by atoms with Crippen molar-refractivity contribution < 1.29 is 4.74 Å². The summed E-state index contributed by atoms with van der Waals surface area (Å²) in [6.07, 6.45) is 3.40. The Morgan fingerprint density at radius 2 is 1.65 bits per heavy atom. The van der Waals surface area contributed by atoms with Crippen LogP contribution < -0.4 is 10.1 Å². The maximum atomic E-state index is 5.81. The zero-order valence-electron chi connectivity index (χ0n) is 15.6. The number of ether oxygens (including phenoxy) is 1. The fraction of sp³-hybridized carbons (Fsp3) is 0.684. The molecule has 1 aromatic rings. The Morgan fingerprint density at radius 3 is 2.22 bits per heavy atom. The number of nitrogens with one attached hydrogen (secondary N) is 1. The van der Waals surface area contributed by atoms with E-state index in [0.717, 1.165) is 44.8 Å². The molecule has 1 N–H and O–H groups in total. The fourth-order valence-electron chi connectivity index (χ4n) is 2.50. The summed E-state index contributed by atoms with van der Waals surface area (Å²) < 4.78 is 5.81. The summed E-state index contributed by atoms with van der Waals surface area (Å²) in [6.45, 7) is 6.15. The minimum absolute atomic E-state index is 0.433. The van der Waals surface area contributed by atoms with Crippen LogP contribution in [0.4, 0.5) is 0 Å². The molecule has 1 rings (SSSR count). The Morgan fingerprint density at radius 1 is 1.00 bits per heavy atom. The lowest BCUT2D eigenvalue weighted by molar-refractivity contribution is 0.281. The quantitative estimate of drug-likeness (QED) is 0.599. The van der Waals surface area contributed by atoms with E-state index >= 15 is 0 Å². The predicted octanol–water partition coefficient (Wildman–Crippen LogP) is 3.01. The topological polar surface area (TPSA) is 27.7 Å². The summed E-state index contributed by atoms with van der Waals surface area (Å²) in [7, 11) is 8.40. The Hall–Kier alpha value is -1.10. The molecule has 0 saturated carbocycles. The largest absolute Gasteiger partial charge is 0.494 e. The molecule has 0 saturated heterocycles. The third-order valence-corrected chi connectivity index (χ3v) is 3.83. The van der Waals surface area contributed by atoms with E-state index < -0.39 is 0 Å². The number of nitrogens with zero attached hydrogens (tertiary/aromatic N) is 2. The van der Waals surface area contributed by atoms with Gasteiger partial charge in [0, 0.05) is 25.7 Å². The smallest absolute Gasteiger partial charge is 0.119 e. The van der Waals surface area contributed by atoms with E-state index in [-0.39, 0.29) is 0 Å². The van der Waals surface area contributed by atoms with Gasteiger partial charge in [0.2, 0.25) is 0 Å². The van der Waals surface area contributed by atoms with Gasteiger partial charge in [0.25, 0.3) is 0 Å². The first-order valence-corrected chi connectivity index (χ1v) is 8.78. The van der Waals surface area contributed by atoms with Gasteiger partial charge in [-0.15, -0.1) is 0 Å². The van der Waals surface area contributed by atoms with E-state index in [9.17, 15) is 0 Å². The van der Waals surface area contributed by atoms with Crippen LogP contribution in [-0.2, 0) is 0 Å². The first-order chi connectivity index (χ1) is 11.0. The van der Waals surface area contributed by atoms with Crippen molar-refractivity contribution in [3.8, 4) is 5.75 Å². The number of likely N-dealkylation sites (N-methyl/N-ethyl adjacent to an activating group) is 1. The molecule has 4 nitrogen and oxygen atoms in total. The van der Waals surface area contributed by atoms with Crippen LogP contribution in [0.1, 0.15) is 37.8 Å². The van der Waals surface area contributed by atoms with Crippen LogP contribution >= 0.6 is 0 Å². The molecule has 0 spiro atoms. The summed E-state index contributed by atoms with van der Waals surface area (Å²) in [5, 5.41) is 3.66. The van der Waals surface area contributed by atoms with E-state index in [1.165, 1.54) is 12.0 Å². The Balaban J connectivity index is 2.47. The van der Waals surface area contributed by atoms with Crippen LogP contribution in [0, 0.1) is 0 Å². The van der Waals surface area contributed by atoms with Gasteiger partial charge in [-0.05, 0) is 58.7 Å². The van der Waals surface area contributed by atoms with Crippen LogP contribution in [0.2, 0.25) is 0 Å². The second-order valence-electron chi connectivity index (χ2n) is 6.67. The summed E-state index contributed by atoms with van der Waals surface area (Å²) >= 11 is 0. The average molecular weight is 322 g/mol. The van der Waals surface area contributed by atoms with Gasteiger partial charge in [0.1, 0.15) is 5.75 Å². The van der Waals surface area contributed by atoms with Crippen LogP contribution in [-0.4, -0.2) is 64.2 Å². The minimum atomic E-state index is 0.433. The lowest BCUT2D eigenvalue weighted by Gasteiger charge is -2.20. The molecule has 0 heterocycles. The minimum Gasteiger partial charge on any atom is -0.494 e. The highest BCUT2D eigenvalue weighted by molar-refractivity contribution is 5.29. The van der Waals surface area contributed by atoms with Gasteiger partial charge < -0.3 is 19.9 Å². The highest BCUT2D eigenvalue weighted by Crippen LogP contribution is 2.21. The second kappa shape index (κ2) is 11.4. The maximum Gasteiger partial charge on any atom is 0.119 e. The lowest BCUT2D eigenvalue weighted by Crippen LogP contribution is -2.29.